The minimum atomic E-state index is -1.38. The van der Waals surface area contributed by atoms with Crippen molar-refractivity contribution in [3.63, 3.8) is 0 Å². The molecule has 4 amide bonds. The highest BCUT2D eigenvalue weighted by atomic mass is 16.6. The maximum atomic E-state index is 13.4. The third kappa shape index (κ3) is 8.09. The zero-order chi connectivity index (χ0) is 38.5. The number of ether oxygens (including phenoxy) is 2. The monoisotopic (exact) mass is 742 g/mol. The fraction of sp³-hybridized carbons (Fsp3) is 0.421. The Morgan fingerprint density at radius 3 is 1.72 bits per heavy atom. The van der Waals surface area contributed by atoms with E-state index < -0.39 is 48.4 Å². The van der Waals surface area contributed by atoms with Crippen LogP contribution in [-0.2, 0) is 19.1 Å². The van der Waals surface area contributed by atoms with E-state index in [-0.39, 0.29) is 18.5 Å². The van der Waals surface area contributed by atoms with Crippen LogP contribution in [0.25, 0.3) is 33.6 Å². The molecule has 0 spiro atoms. The van der Waals surface area contributed by atoms with Crippen molar-refractivity contribution in [2.45, 2.75) is 82.4 Å². The molecule has 2 saturated heterocycles. The number of H-pyrrole nitrogens is 2. The first kappa shape index (κ1) is 38.0. The van der Waals surface area contributed by atoms with Crippen LogP contribution in [0.2, 0.25) is 0 Å². The quantitative estimate of drug-likeness (QED) is 0.123. The lowest BCUT2D eigenvalue weighted by atomic mass is 10.0. The van der Waals surface area contributed by atoms with Gasteiger partial charge in [-0.25, -0.2) is 19.6 Å². The van der Waals surface area contributed by atoms with Crippen LogP contribution in [0.4, 0.5) is 9.59 Å². The summed E-state index contributed by atoms with van der Waals surface area (Å²) in [5.41, 5.74) is 10.6. The zero-order valence-electron chi connectivity index (χ0n) is 30.4. The Labute approximate surface area is 312 Å². The summed E-state index contributed by atoms with van der Waals surface area (Å²) in [6.45, 7) is 4.05. The van der Waals surface area contributed by atoms with Crippen molar-refractivity contribution in [2.75, 3.05) is 20.2 Å². The van der Waals surface area contributed by atoms with Gasteiger partial charge in [0.1, 0.15) is 17.7 Å². The van der Waals surface area contributed by atoms with Crippen LogP contribution in [-0.4, -0.2) is 109 Å². The second-order valence-electron chi connectivity index (χ2n) is 13.6. The maximum absolute atomic E-state index is 13.4. The Morgan fingerprint density at radius 1 is 0.833 bits per heavy atom. The fourth-order valence-corrected chi connectivity index (χ4v) is 7.17. The zero-order valence-corrected chi connectivity index (χ0v) is 30.4. The van der Waals surface area contributed by atoms with E-state index in [1.54, 1.807) is 29.1 Å². The highest BCUT2D eigenvalue weighted by molar-refractivity contribution is 5.87. The number of nitrogens with two attached hydrogens (primary N) is 1. The number of carbonyl (C=O) groups excluding carboxylic acids is 4. The fourth-order valence-electron chi connectivity index (χ4n) is 7.17. The molecule has 4 heterocycles. The highest BCUT2D eigenvalue weighted by Crippen LogP contribution is 2.35. The molecule has 2 aromatic carbocycles. The first-order valence-electron chi connectivity index (χ1n) is 18.1. The van der Waals surface area contributed by atoms with Gasteiger partial charge in [-0.1, -0.05) is 55.5 Å². The number of amides is 4. The minimum absolute atomic E-state index is 0.218. The summed E-state index contributed by atoms with van der Waals surface area (Å²) in [5, 5.41) is 23.0. The normalized spacial score (nSPS) is 19.2. The lowest BCUT2D eigenvalue weighted by Crippen LogP contribution is -2.53. The van der Waals surface area contributed by atoms with E-state index in [1.165, 1.54) is 14.0 Å². The summed E-state index contributed by atoms with van der Waals surface area (Å²) in [4.78, 5) is 69.0. The summed E-state index contributed by atoms with van der Waals surface area (Å²) in [5.74, 6) is 0.330. The molecule has 6 atom stereocenters. The summed E-state index contributed by atoms with van der Waals surface area (Å²) in [6.07, 6.45) is 0.949. The van der Waals surface area contributed by atoms with Gasteiger partial charge in [-0.2, -0.15) is 0 Å². The molecule has 2 aliphatic rings. The average molecular weight is 743 g/mol. The number of aromatic amines is 2. The van der Waals surface area contributed by atoms with Crippen LogP contribution in [0.5, 0.6) is 0 Å². The van der Waals surface area contributed by atoms with E-state index in [1.807, 2.05) is 48.5 Å². The Hall–Kier alpha value is -5.74. The summed E-state index contributed by atoms with van der Waals surface area (Å²) in [6, 6.07) is 14.2. The van der Waals surface area contributed by atoms with E-state index >= 15 is 0 Å². The molecule has 2 fully saturated rings. The molecule has 286 valence electrons. The van der Waals surface area contributed by atoms with Gasteiger partial charge in [-0.15, -0.1) is 0 Å². The molecule has 16 heteroatoms. The maximum Gasteiger partial charge on any atom is 0.407 e. The van der Waals surface area contributed by atoms with Crippen LogP contribution in [0.3, 0.4) is 0 Å². The van der Waals surface area contributed by atoms with Gasteiger partial charge in [-0.05, 0) is 61.3 Å². The third-order valence-corrected chi connectivity index (χ3v) is 10.1. The van der Waals surface area contributed by atoms with E-state index in [9.17, 15) is 29.4 Å². The van der Waals surface area contributed by atoms with Gasteiger partial charge in [-0.3, -0.25) is 9.59 Å². The largest absolute Gasteiger partial charge is 0.453 e. The molecule has 16 nitrogen and oxygen atoms in total. The lowest BCUT2D eigenvalue weighted by Gasteiger charge is -2.29. The first-order valence-corrected chi connectivity index (χ1v) is 18.1. The van der Waals surface area contributed by atoms with Crippen LogP contribution < -0.4 is 11.1 Å². The van der Waals surface area contributed by atoms with Crippen molar-refractivity contribution in [1.29, 1.82) is 0 Å². The molecule has 6 rings (SSSR count). The molecule has 4 aromatic rings. The Bertz CT molecular complexity index is 1940. The molecule has 54 heavy (non-hydrogen) atoms. The number of benzene rings is 2. The van der Waals surface area contributed by atoms with Gasteiger partial charge in [0.15, 0.2) is 0 Å². The van der Waals surface area contributed by atoms with E-state index in [0.29, 0.717) is 37.6 Å². The molecular formula is C38H46N8O8. The number of aliphatic hydroxyl groups is 2. The van der Waals surface area contributed by atoms with Crippen molar-refractivity contribution < 1.29 is 38.9 Å². The number of imidazole rings is 2. The lowest BCUT2D eigenvalue weighted by molar-refractivity contribution is -0.147. The van der Waals surface area contributed by atoms with Crippen molar-refractivity contribution >= 4 is 24.0 Å². The van der Waals surface area contributed by atoms with Crippen molar-refractivity contribution in [2.24, 2.45) is 5.73 Å². The average Bonchev–Trinajstić information content (AvgIpc) is 4.02. The van der Waals surface area contributed by atoms with E-state index in [4.69, 9.17) is 10.5 Å². The topological polar surface area (TPSA) is 229 Å². The molecule has 0 radical (unpaired) electrons. The standard InChI is InChI=1S/C38H46N8O8/c1-4-30(48)32(54-37(39)51)36(50)46-18-6-8-29(46)34-41-20-27(43-34)25-15-11-23(12-16-25)22-9-13-24(14-10-22)26-19-40-33(42-26)28-7-5-17-45(28)35(49)31(21(2)47)44-38(52)53-3/h9-16,19-21,28-32,47-48H,4-8,17-18H2,1-3H3,(H2,39,51)(H,40,42)(H,41,43)(H,44,52)/t21-,28?,29-,30-,31-,32-/m0/s1. The number of methoxy groups -OCH3 is 1. The van der Waals surface area contributed by atoms with Crippen LogP contribution in [0.1, 0.15) is 69.7 Å². The van der Waals surface area contributed by atoms with Crippen molar-refractivity contribution in [3.8, 4) is 33.6 Å². The number of hydrogen-bond donors (Lipinski definition) is 6. The van der Waals surface area contributed by atoms with Crippen molar-refractivity contribution in [3.05, 3.63) is 72.6 Å². The SMILES string of the molecule is CC[C@H](O)[C@H](OC(N)=O)C(=O)N1CCC[C@H]1c1ncc(-c2ccc(-c3ccc(-c4cnc(C5CCCN5C(=O)[C@@H](NC(=O)OC)[C@H](C)O)[nH]4)cc3)cc2)[nH]1. The Balaban J connectivity index is 1.11. The molecule has 0 saturated carbocycles. The van der Waals surface area contributed by atoms with E-state index in [0.717, 1.165) is 46.5 Å². The Morgan fingerprint density at radius 2 is 1.30 bits per heavy atom. The van der Waals surface area contributed by atoms with Crippen molar-refractivity contribution in [1.82, 2.24) is 35.1 Å². The number of rotatable bonds is 12. The molecule has 7 N–H and O–H groups in total. The number of aromatic nitrogens is 4. The Kier molecular flexibility index (Phi) is 11.6. The van der Waals surface area contributed by atoms with Crippen LogP contribution in [0.15, 0.2) is 60.9 Å². The van der Waals surface area contributed by atoms with E-state index in [2.05, 4.69) is 30.0 Å². The molecule has 0 aliphatic carbocycles. The highest BCUT2D eigenvalue weighted by Gasteiger charge is 2.40. The van der Waals surface area contributed by atoms with Crippen LogP contribution in [0, 0.1) is 0 Å². The number of nitrogens with one attached hydrogen (secondary N) is 3. The van der Waals surface area contributed by atoms with Gasteiger partial charge in [0.2, 0.25) is 12.0 Å². The number of carbonyl (C=O) groups is 4. The third-order valence-electron chi connectivity index (χ3n) is 10.1. The number of alkyl carbamates (subject to hydrolysis) is 1. The molecule has 1 unspecified atom stereocenters. The number of aliphatic hydroxyl groups excluding tert-OH is 2. The van der Waals surface area contributed by atoms with Gasteiger partial charge in [0.05, 0.1) is 55.2 Å². The first-order chi connectivity index (χ1) is 26.0. The molecule has 2 aromatic heterocycles. The number of nitrogens with zero attached hydrogens (tertiary/aromatic N) is 4. The van der Waals surface area contributed by atoms with Gasteiger partial charge in [0, 0.05) is 13.1 Å². The molecule has 0 bridgehead atoms. The summed E-state index contributed by atoms with van der Waals surface area (Å²) < 4.78 is 9.63. The van der Waals surface area contributed by atoms with Gasteiger partial charge in [0.25, 0.3) is 5.91 Å². The minimum Gasteiger partial charge on any atom is -0.453 e. The smallest absolute Gasteiger partial charge is 0.407 e. The summed E-state index contributed by atoms with van der Waals surface area (Å²) >= 11 is 0. The number of likely N-dealkylation sites (tertiary alicyclic amines) is 2. The number of hydrogen-bond acceptors (Lipinski definition) is 10. The predicted molar refractivity (Wildman–Crippen MR) is 196 cm³/mol. The predicted octanol–water partition coefficient (Wildman–Crippen LogP) is 3.80. The number of primary amides is 1. The second kappa shape index (κ2) is 16.5. The van der Waals surface area contributed by atoms with Crippen LogP contribution >= 0.6 is 0 Å². The van der Waals surface area contributed by atoms with Gasteiger partial charge < -0.3 is 50.5 Å². The summed E-state index contributed by atoms with van der Waals surface area (Å²) in [7, 11) is 1.20. The second-order valence-corrected chi connectivity index (χ2v) is 13.6. The van der Waals surface area contributed by atoms with Gasteiger partial charge >= 0.3 is 12.2 Å². The molecular weight excluding hydrogens is 696 g/mol. The molecule has 2 aliphatic heterocycles.